The molecule has 0 aliphatic heterocycles. The Morgan fingerprint density at radius 3 is 2.26 bits per heavy atom. The van der Waals surface area contributed by atoms with Gasteiger partial charge in [0.05, 0.1) is 17.8 Å². The van der Waals surface area contributed by atoms with Crippen LogP contribution in [0.15, 0.2) is 53.6 Å². The molecule has 0 saturated heterocycles. The first-order valence-corrected chi connectivity index (χ1v) is 9.80. The van der Waals surface area contributed by atoms with Crippen LogP contribution in [0.5, 0.6) is 11.5 Å². The Balaban J connectivity index is 1.80. The normalized spacial score (nSPS) is 11.9. The molecule has 0 amide bonds. The number of ether oxygens (including phenoxy) is 3. The fourth-order valence-corrected chi connectivity index (χ4v) is 2.92. The van der Waals surface area contributed by atoms with Gasteiger partial charge in [0, 0.05) is 6.92 Å². The molecule has 14 heteroatoms. The molecule has 3 aromatic rings. The molecule has 2 aromatic carbocycles. The third-order valence-corrected chi connectivity index (χ3v) is 4.42. The summed E-state index contributed by atoms with van der Waals surface area (Å²) in [6, 6.07) is 7.34. The van der Waals surface area contributed by atoms with Crippen molar-refractivity contribution in [2.24, 2.45) is 0 Å². The summed E-state index contributed by atoms with van der Waals surface area (Å²) < 4.78 is 92.5. The van der Waals surface area contributed by atoms with Crippen LogP contribution in [0.2, 0.25) is 0 Å². The number of benzene rings is 2. The van der Waals surface area contributed by atoms with Crippen molar-refractivity contribution in [3.63, 3.8) is 0 Å². The van der Waals surface area contributed by atoms with Crippen molar-refractivity contribution in [3.8, 4) is 17.2 Å². The average Bonchev–Trinajstić information content (AvgIpc) is 3.10. The predicted octanol–water partition coefficient (Wildman–Crippen LogP) is 3.94. The van der Waals surface area contributed by atoms with Gasteiger partial charge in [-0.05, 0) is 42.0 Å². The summed E-state index contributed by atoms with van der Waals surface area (Å²) in [7, 11) is 0. The zero-order chi connectivity index (χ0) is 25.8. The summed E-state index contributed by atoms with van der Waals surface area (Å²) in [5.41, 5.74) is -1.32. The molecule has 188 valence electrons. The molecule has 0 N–H and O–H groups in total. The van der Waals surface area contributed by atoms with E-state index in [0.717, 1.165) is 52.8 Å². The molecule has 0 atom stereocenters. The maximum Gasteiger partial charge on any atom is 0.573 e. The third-order valence-electron chi connectivity index (χ3n) is 4.42. The number of carbonyl (C=O) groups is 1. The number of esters is 1. The number of halogens is 6. The summed E-state index contributed by atoms with van der Waals surface area (Å²) in [5, 5.41) is 3.86. The number of alkyl halides is 6. The highest BCUT2D eigenvalue weighted by Crippen LogP contribution is 2.33. The molecule has 0 spiro atoms. The van der Waals surface area contributed by atoms with Gasteiger partial charge in [0.2, 0.25) is 0 Å². The lowest BCUT2D eigenvalue weighted by Gasteiger charge is -2.15. The van der Waals surface area contributed by atoms with Gasteiger partial charge in [0.15, 0.2) is 11.5 Å². The Bertz CT molecular complexity index is 1230. The second kappa shape index (κ2) is 10.1. The Morgan fingerprint density at radius 2 is 1.66 bits per heavy atom. The van der Waals surface area contributed by atoms with Crippen LogP contribution in [-0.4, -0.2) is 39.9 Å². The third kappa shape index (κ3) is 7.01. The maximum atomic E-state index is 12.8. The molecular weight excluding hydrogens is 488 g/mol. The first-order valence-electron chi connectivity index (χ1n) is 9.80. The summed E-state index contributed by atoms with van der Waals surface area (Å²) in [6.45, 7) is 0.464. The maximum absolute atomic E-state index is 12.8. The van der Waals surface area contributed by atoms with E-state index in [1.807, 2.05) is 0 Å². The van der Waals surface area contributed by atoms with E-state index in [9.17, 15) is 35.9 Å². The molecule has 1 aromatic heterocycles. The Labute approximate surface area is 193 Å². The Morgan fingerprint density at radius 1 is 0.971 bits per heavy atom. The first kappa shape index (κ1) is 25.6. The molecule has 1 heterocycles. The zero-order valence-corrected chi connectivity index (χ0v) is 17.9. The van der Waals surface area contributed by atoms with Gasteiger partial charge >= 0.3 is 24.2 Å². The summed E-state index contributed by atoms with van der Waals surface area (Å²) in [5.74, 6) is -1.55. The number of aromatic nitrogens is 3. The van der Waals surface area contributed by atoms with Crippen molar-refractivity contribution in [1.29, 1.82) is 0 Å². The summed E-state index contributed by atoms with van der Waals surface area (Å²) >= 11 is 0. The number of hydrogen-bond acceptors (Lipinski definition) is 6. The quantitative estimate of drug-likeness (QED) is 0.262. The monoisotopic (exact) mass is 505 g/mol. The van der Waals surface area contributed by atoms with Crippen LogP contribution >= 0.6 is 0 Å². The highest BCUT2D eigenvalue weighted by molar-refractivity contribution is 5.65. The van der Waals surface area contributed by atoms with Crippen molar-refractivity contribution in [3.05, 3.63) is 70.4 Å². The smallest absolute Gasteiger partial charge is 0.486 e. The highest BCUT2D eigenvalue weighted by Gasteiger charge is 2.33. The van der Waals surface area contributed by atoms with Crippen LogP contribution < -0.4 is 15.2 Å². The van der Waals surface area contributed by atoms with Crippen LogP contribution in [-0.2, 0) is 22.3 Å². The van der Waals surface area contributed by atoms with Crippen molar-refractivity contribution in [2.45, 2.75) is 26.0 Å². The van der Waals surface area contributed by atoms with Crippen LogP contribution in [0.4, 0.5) is 26.3 Å². The number of hydrogen-bond donors (Lipinski definition) is 0. The van der Waals surface area contributed by atoms with Crippen LogP contribution in [0.25, 0.3) is 5.69 Å². The van der Waals surface area contributed by atoms with Crippen molar-refractivity contribution in [2.75, 3.05) is 13.2 Å². The number of rotatable bonds is 8. The molecular formula is C21H17F6N3O5. The van der Waals surface area contributed by atoms with Gasteiger partial charge in [0.1, 0.15) is 19.5 Å². The Hall–Kier alpha value is -3.97. The molecule has 8 nitrogen and oxygen atoms in total. The van der Waals surface area contributed by atoms with E-state index >= 15 is 0 Å². The van der Waals surface area contributed by atoms with Gasteiger partial charge in [-0.2, -0.15) is 18.3 Å². The molecule has 0 bridgehead atoms. The lowest BCUT2D eigenvalue weighted by Crippen LogP contribution is -2.24. The van der Waals surface area contributed by atoms with Gasteiger partial charge in [-0.3, -0.25) is 4.79 Å². The molecule has 0 fully saturated rings. The second-order valence-corrected chi connectivity index (χ2v) is 7.00. The van der Waals surface area contributed by atoms with E-state index in [2.05, 4.69) is 14.6 Å². The minimum absolute atomic E-state index is 0.117. The van der Waals surface area contributed by atoms with Gasteiger partial charge < -0.3 is 14.2 Å². The van der Waals surface area contributed by atoms with Crippen LogP contribution in [0, 0.1) is 0 Å². The molecule has 3 rings (SSSR count). The molecule has 0 saturated carbocycles. The highest BCUT2D eigenvalue weighted by atomic mass is 19.4. The molecule has 35 heavy (non-hydrogen) atoms. The van der Waals surface area contributed by atoms with Gasteiger partial charge in [-0.1, -0.05) is 6.07 Å². The van der Waals surface area contributed by atoms with Crippen LogP contribution in [0.3, 0.4) is 0 Å². The van der Waals surface area contributed by atoms with Gasteiger partial charge in [0.25, 0.3) is 0 Å². The minimum Gasteiger partial charge on any atom is -0.486 e. The van der Waals surface area contributed by atoms with E-state index in [0.29, 0.717) is 0 Å². The van der Waals surface area contributed by atoms with Gasteiger partial charge in [-0.15, -0.1) is 13.2 Å². The zero-order valence-electron chi connectivity index (χ0n) is 17.9. The molecule has 0 aliphatic carbocycles. The SMILES string of the molecule is CC(=O)OCCOc1ccc(Cn2ncn(-c3ccc(C(F)(F)F)cc3)c2=O)cc1OC(F)(F)F. The van der Waals surface area contributed by atoms with Crippen molar-refractivity contribution >= 4 is 5.97 Å². The van der Waals surface area contributed by atoms with E-state index in [1.54, 1.807) is 0 Å². The lowest BCUT2D eigenvalue weighted by atomic mass is 10.2. The molecule has 0 aliphatic rings. The van der Waals surface area contributed by atoms with E-state index < -0.39 is 35.5 Å². The van der Waals surface area contributed by atoms with Crippen LogP contribution in [0.1, 0.15) is 18.1 Å². The second-order valence-electron chi connectivity index (χ2n) is 7.00. The molecule has 0 unspecified atom stereocenters. The molecule has 0 radical (unpaired) electrons. The summed E-state index contributed by atoms with van der Waals surface area (Å²) in [4.78, 5) is 23.4. The standard InChI is InChI=1S/C21H17F6N3O5/c1-13(31)33-8-9-34-17-7-2-14(10-18(17)35-21(25,26)27)11-30-19(32)29(12-28-30)16-5-3-15(4-6-16)20(22,23)24/h2-7,10,12H,8-9,11H2,1H3. The number of nitrogens with zero attached hydrogens (tertiary/aromatic N) is 3. The average molecular weight is 505 g/mol. The predicted molar refractivity (Wildman–Crippen MR) is 107 cm³/mol. The van der Waals surface area contributed by atoms with E-state index in [1.165, 1.54) is 12.1 Å². The van der Waals surface area contributed by atoms with E-state index in [-0.39, 0.29) is 36.8 Å². The Kier molecular flexibility index (Phi) is 7.41. The fraction of sp³-hybridized carbons (Fsp3) is 0.286. The first-order chi connectivity index (χ1) is 16.3. The minimum atomic E-state index is -5.03. The largest absolute Gasteiger partial charge is 0.573 e. The van der Waals surface area contributed by atoms with Crippen molar-refractivity contribution < 1.29 is 45.3 Å². The fourth-order valence-electron chi connectivity index (χ4n) is 2.92. The topological polar surface area (TPSA) is 84.6 Å². The number of carbonyl (C=O) groups excluding carboxylic acids is 1. The van der Waals surface area contributed by atoms with E-state index in [4.69, 9.17) is 4.74 Å². The van der Waals surface area contributed by atoms with Crippen molar-refractivity contribution in [1.82, 2.24) is 14.3 Å². The van der Waals surface area contributed by atoms with Gasteiger partial charge in [-0.25, -0.2) is 14.0 Å². The lowest BCUT2D eigenvalue weighted by molar-refractivity contribution is -0.275. The summed E-state index contributed by atoms with van der Waals surface area (Å²) in [6.07, 6.45) is -8.50.